The van der Waals surface area contributed by atoms with Crippen LogP contribution in [0.25, 0.3) is 22.3 Å². The predicted octanol–water partition coefficient (Wildman–Crippen LogP) is 6.52. The first-order valence-corrected chi connectivity index (χ1v) is 16.5. The lowest BCUT2D eigenvalue weighted by Crippen LogP contribution is -2.42. The average molecular weight is 637 g/mol. The Hall–Kier alpha value is -4.82. The second-order valence-corrected chi connectivity index (χ2v) is 12.6. The molecular formula is C36H41FN8O2. The predicted molar refractivity (Wildman–Crippen MR) is 179 cm³/mol. The Kier molecular flexibility index (Phi) is 9.50. The van der Waals surface area contributed by atoms with Crippen LogP contribution < -0.4 is 10.5 Å². The third-order valence-electron chi connectivity index (χ3n) is 9.56. The maximum atomic E-state index is 15.7. The molecule has 4 aromatic rings. The van der Waals surface area contributed by atoms with Gasteiger partial charge in [0, 0.05) is 36.7 Å². The number of piperidine rings is 1. The maximum Gasteiger partial charge on any atom is 0.264 e. The minimum atomic E-state index is -0.525. The summed E-state index contributed by atoms with van der Waals surface area (Å²) in [7, 11) is 0. The topological polar surface area (TPSA) is 126 Å². The van der Waals surface area contributed by atoms with Gasteiger partial charge in [0.2, 0.25) is 0 Å². The van der Waals surface area contributed by atoms with Crippen molar-refractivity contribution in [1.29, 1.82) is 5.26 Å². The molecule has 0 spiro atoms. The van der Waals surface area contributed by atoms with Gasteiger partial charge in [-0.3, -0.25) is 4.79 Å². The van der Waals surface area contributed by atoms with Crippen molar-refractivity contribution < 1.29 is 13.9 Å². The lowest BCUT2D eigenvalue weighted by molar-refractivity contribution is -0.128. The number of hydrogen-bond donors (Lipinski definition) is 1. The normalized spacial score (nSPS) is 18.1. The van der Waals surface area contributed by atoms with Crippen LogP contribution in [0, 0.1) is 22.6 Å². The third kappa shape index (κ3) is 6.69. The number of halogens is 1. The summed E-state index contributed by atoms with van der Waals surface area (Å²) in [4.78, 5) is 26.7. The average Bonchev–Trinajstić information content (AvgIpc) is 3.72. The fourth-order valence-electron chi connectivity index (χ4n) is 7.09. The molecule has 1 saturated carbocycles. The van der Waals surface area contributed by atoms with Gasteiger partial charge in [-0.15, -0.1) is 0 Å². The molecule has 3 heterocycles. The largest absolute Gasteiger partial charge is 0.457 e. The lowest BCUT2D eigenvalue weighted by Gasteiger charge is -2.34. The number of aromatic nitrogens is 4. The minimum absolute atomic E-state index is 0.171. The van der Waals surface area contributed by atoms with Crippen LogP contribution in [-0.4, -0.2) is 68.2 Å². The van der Waals surface area contributed by atoms with E-state index in [0.29, 0.717) is 41.3 Å². The standard InChI is InChI=1S/C36H41FN8O2/c1-3-43(4-2)23-36(16-8-9-17-36)20-25(21-38)35(46)44-18-10-11-26(22-44)45-34-31(33(39)40-24-41-34)32(42-45)29-15-14-28(19-30(29)37)47-27-12-6-5-7-13-27/h5-7,12-15,19-20,24,26H,3-4,8-11,16-18,22-23H2,1-2H3,(H2,39,40,41)/b25-20+/t26-/m1/s1. The van der Waals surface area contributed by atoms with Crippen LogP contribution in [0.1, 0.15) is 58.4 Å². The number of nitrogens with zero attached hydrogens (tertiary/aromatic N) is 7. The first-order chi connectivity index (χ1) is 22.8. The van der Waals surface area contributed by atoms with E-state index in [0.717, 1.165) is 58.2 Å². The van der Waals surface area contributed by atoms with Gasteiger partial charge in [0.15, 0.2) is 5.65 Å². The van der Waals surface area contributed by atoms with Gasteiger partial charge in [0.25, 0.3) is 5.91 Å². The Morgan fingerprint density at radius 3 is 2.60 bits per heavy atom. The Morgan fingerprint density at radius 1 is 1.13 bits per heavy atom. The smallest absolute Gasteiger partial charge is 0.264 e. The zero-order chi connectivity index (χ0) is 33.0. The summed E-state index contributed by atoms with van der Waals surface area (Å²) < 4.78 is 23.2. The fraction of sp³-hybridized carbons (Fsp3) is 0.417. The number of amides is 1. The number of para-hydroxylation sites is 1. The molecule has 0 unspecified atom stereocenters. The molecule has 10 nitrogen and oxygen atoms in total. The summed E-state index contributed by atoms with van der Waals surface area (Å²) in [5.74, 6) is 0.357. The maximum absolute atomic E-state index is 15.7. The summed E-state index contributed by atoms with van der Waals surface area (Å²) in [6, 6.07) is 15.8. The van der Waals surface area contributed by atoms with Gasteiger partial charge in [-0.2, -0.15) is 10.4 Å². The summed E-state index contributed by atoms with van der Waals surface area (Å²) in [6.45, 7) is 7.88. The van der Waals surface area contributed by atoms with Crippen LogP contribution in [0.15, 0.2) is 66.5 Å². The highest BCUT2D eigenvalue weighted by Gasteiger charge is 2.36. The Bertz CT molecular complexity index is 1800. The van der Waals surface area contributed by atoms with E-state index in [1.165, 1.54) is 12.4 Å². The first-order valence-electron chi connectivity index (χ1n) is 16.5. The van der Waals surface area contributed by atoms with Crippen molar-refractivity contribution in [2.45, 2.75) is 58.4 Å². The molecule has 1 saturated heterocycles. The van der Waals surface area contributed by atoms with E-state index in [2.05, 4.69) is 34.8 Å². The summed E-state index contributed by atoms with van der Waals surface area (Å²) in [5.41, 5.74) is 7.40. The molecule has 2 aliphatic rings. The molecule has 1 amide bonds. The quantitative estimate of drug-likeness (QED) is 0.154. The van der Waals surface area contributed by atoms with Crippen LogP contribution in [0.3, 0.4) is 0 Å². The molecule has 244 valence electrons. The van der Waals surface area contributed by atoms with Crippen LogP contribution in [-0.2, 0) is 4.79 Å². The second-order valence-electron chi connectivity index (χ2n) is 12.6. The number of nitriles is 1. The van der Waals surface area contributed by atoms with Crippen LogP contribution >= 0.6 is 0 Å². The number of nitrogens with two attached hydrogens (primary N) is 1. The Balaban J connectivity index is 1.28. The molecule has 0 bridgehead atoms. The van der Waals surface area contributed by atoms with Gasteiger partial charge >= 0.3 is 0 Å². The van der Waals surface area contributed by atoms with Gasteiger partial charge in [0.1, 0.15) is 46.8 Å². The van der Waals surface area contributed by atoms with E-state index in [1.54, 1.807) is 33.8 Å². The molecule has 2 fully saturated rings. The van der Waals surface area contributed by atoms with Crippen LogP contribution in [0.5, 0.6) is 11.5 Å². The van der Waals surface area contributed by atoms with E-state index in [4.69, 9.17) is 15.6 Å². The van der Waals surface area contributed by atoms with Crippen molar-refractivity contribution in [3.05, 3.63) is 72.3 Å². The number of carbonyl (C=O) groups excluding carboxylic acids is 1. The fourth-order valence-corrected chi connectivity index (χ4v) is 7.09. The second kappa shape index (κ2) is 13.9. The molecule has 2 N–H and O–H groups in total. The number of ether oxygens (including phenoxy) is 1. The van der Waals surface area contributed by atoms with Crippen molar-refractivity contribution in [2.24, 2.45) is 5.41 Å². The first kappa shape index (κ1) is 32.1. The van der Waals surface area contributed by atoms with E-state index < -0.39 is 5.82 Å². The number of likely N-dealkylation sites (tertiary alicyclic amines) is 1. The molecule has 47 heavy (non-hydrogen) atoms. The number of rotatable bonds is 10. The third-order valence-corrected chi connectivity index (χ3v) is 9.56. The van der Waals surface area contributed by atoms with Gasteiger partial charge < -0.3 is 20.3 Å². The van der Waals surface area contributed by atoms with Crippen molar-refractivity contribution in [3.63, 3.8) is 0 Å². The monoisotopic (exact) mass is 636 g/mol. The molecule has 1 aliphatic heterocycles. The zero-order valence-corrected chi connectivity index (χ0v) is 27.0. The summed E-state index contributed by atoms with van der Waals surface area (Å²) in [5, 5.41) is 15.5. The minimum Gasteiger partial charge on any atom is -0.457 e. The van der Waals surface area contributed by atoms with Crippen LogP contribution in [0.2, 0.25) is 0 Å². The Labute approximate surface area is 274 Å². The van der Waals surface area contributed by atoms with Crippen molar-refractivity contribution >= 4 is 22.8 Å². The van der Waals surface area contributed by atoms with E-state index in [1.807, 2.05) is 24.3 Å². The Morgan fingerprint density at radius 2 is 1.89 bits per heavy atom. The SMILES string of the molecule is CCN(CC)CC1(/C=C(\C#N)C(=O)N2CCC[C@@H](n3nc(-c4ccc(Oc5ccccc5)cc4F)c4c(N)ncnc43)C2)CCCC1. The van der Waals surface area contributed by atoms with Gasteiger partial charge in [-0.05, 0) is 63.0 Å². The van der Waals surface area contributed by atoms with Crippen molar-refractivity contribution in [1.82, 2.24) is 29.5 Å². The van der Waals surface area contributed by atoms with Crippen molar-refractivity contribution in [2.75, 3.05) is 38.5 Å². The van der Waals surface area contributed by atoms with Gasteiger partial charge in [0.05, 0.1) is 11.4 Å². The summed E-state index contributed by atoms with van der Waals surface area (Å²) >= 11 is 0. The van der Waals surface area contributed by atoms with Crippen LogP contribution in [0.4, 0.5) is 10.2 Å². The molecule has 1 atom stereocenters. The van der Waals surface area contributed by atoms with Crippen molar-refractivity contribution in [3.8, 4) is 28.8 Å². The highest BCUT2D eigenvalue weighted by molar-refractivity contribution is 5.99. The number of fused-ring (bicyclic) bond motifs is 1. The van der Waals surface area contributed by atoms with Gasteiger partial charge in [-0.25, -0.2) is 19.0 Å². The molecule has 1 aliphatic carbocycles. The number of nitrogen functional groups attached to an aromatic ring is 1. The molecule has 6 rings (SSSR count). The lowest BCUT2D eigenvalue weighted by atomic mass is 9.83. The molecule has 2 aromatic heterocycles. The number of carbonyl (C=O) groups is 1. The van der Waals surface area contributed by atoms with Gasteiger partial charge in [-0.1, -0.05) is 51.0 Å². The summed E-state index contributed by atoms with van der Waals surface area (Å²) in [6.07, 6.45) is 8.93. The molecular weight excluding hydrogens is 595 g/mol. The molecule has 0 radical (unpaired) electrons. The number of hydrogen-bond acceptors (Lipinski definition) is 8. The number of benzene rings is 2. The highest BCUT2D eigenvalue weighted by atomic mass is 19.1. The zero-order valence-electron chi connectivity index (χ0n) is 27.0. The molecule has 2 aromatic carbocycles. The highest BCUT2D eigenvalue weighted by Crippen LogP contribution is 2.42. The van der Waals surface area contributed by atoms with E-state index >= 15 is 4.39 Å². The van der Waals surface area contributed by atoms with E-state index in [9.17, 15) is 10.1 Å². The number of anilines is 1. The molecule has 11 heteroatoms. The van der Waals surface area contributed by atoms with E-state index in [-0.39, 0.29) is 34.3 Å².